The average molecular weight is 248 g/mol. The second-order valence-electron chi connectivity index (χ2n) is 4.55. The molecule has 0 N–H and O–H groups in total. The van der Waals surface area contributed by atoms with Crippen LogP contribution in [0.15, 0.2) is 24.5 Å². The first-order valence-corrected chi connectivity index (χ1v) is 6.26. The van der Waals surface area contributed by atoms with Crippen molar-refractivity contribution in [2.24, 2.45) is 0 Å². The van der Waals surface area contributed by atoms with Crippen LogP contribution < -0.4 is 4.90 Å². The second-order valence-corrected chi connectivity index (χ2v) is 4.99. The molecule has 1 fully saturated rings. The van der Waals surface area contributed by atoms with Gasteiger partial charge in [0.1, 0.15) is 12.1 Å². The molecule has 4 heteroatoms. The molecule has 88 valence electrons. The first kappa shape index (κ1) is 10.8. The minimum Gasteiger partial charge on any atom is -0.356 e. The maximum atomic E-state index is 5.98. The summed E-state index contributed by atoms with van der Waals surface area (Å²) in [5, 5.41) is 1.79. The van der Waals surface area contributed by atoms with E-state index in [1.54, 1.807) is 6.33 Å². The van der Waals surface area contributed by atoms with E-state index in [4.69, 9.17) is 11.6 Å². The van der Waals surface area contributed by atoms with E-state index >= 15 is 0 Å². The van der Waals surface area contributed by atoms with Crippen LogP contribution in [-0.2, 0) is 0 Å². The van der Waals surface area contributed by atoms with Crippen LogP contribution in [0.2, 0.25) is 5.02 Å². The van der Waals surface area contributed by atoms with Crippen molar-refractivity contribution in [3.05, 3.63) is 29.5 Å². The maximum Gasteiger partial charge on any atom is 0.139 e. The topological polar surface area (TPSA) is 29.0 Å². The fourth-order valence-corrected chi connectivity index (χ4v) is 2.41. The van der Waals surface area contributed by atoms with Gasteiger partial charge in [-0.2, -0.15) is 0 Å². The summed E-state index contributed by atoms with van der Waals surface area (Å²) >= 11 is 5.98. The Kier molecular flexibility index (Phi) is 2.63. The Hall–Kier alpha value is -1.35. The van der Waals surface area contributed by atoms with Crippen LogP contribution in [0, 0.1) is 0 Å². The van der Waals surface area contributed by atoms with Crippen molar-refractivity contribution < 1.29 is 0 Å². The minimum atomic E-state index is 0.628. The molecule has 0 bridgehead atoms. The summed E-state index contributed by atoms with van der Waals surface area (Å²) in [7, 11) is 2.11. The van der Waals surface area contributed by atoms with Gasteiger partial charge in [0, 0.05) is 23.5 Å². The largest absolute Gasteiger partial charge is 0.356 e. The number of hydrogen-bond acceptors (Lipinski definition) is 3. The van der Waals surface area contributed by atoms with Crippen molar-refractivity contribution in [1.29, 1.82) is 0 Å². The van der Waals surface area contributed by atoms with E-state index in [2.05, 4.69) is 21.9 Å². The Morgan fingerprint density at radius 1 is 1.29 bits per heavy atom. The van der Waals surface area contributed by atoms with Gasteiger partial charge in [-0.3, -0.25) is 0 Å². The fourth-order valence-electron chi connectivity index (χ4n) is 2.24. The first-order valence-electron chi connectivity index (χ1n) is 5.89. The van der Waals surface area contributed by atoms with Gasteiger partial charge in [0.05, 0.1) is 5.52 Å². The first-order chi connectivity index (χ1) is 8.25. The zero-order chi connectivity index (χ0) is 11.8. The molecular formula is C13H14ClN3. The fraction of sp³-hybridized carbons (Fsp3) is 0.385. The summed E-state index contributed by atoms with van der Waals surface area (Å²) in [6, 6.07) is 6.41. The van der Waals surface area contributed by atoms with Gasteiger partial charge in [-0.05, 0) is 37.5 Å². The molecule has 0 saturated heterocycles. The van der Waals surface area contributed by atoms with Crippen molar-refractivity contribution in [1.82, 2.24) is 9.97 Å². The standard InChI is InChI=1S/C13H14ClN3/c1-17(10-3-2-4-10)13-11-6-5-9(14)7-12(11)15-8-16-13/h5-8,10H,2-4H2,1H3. The summed E-state index contributed by atoms with van der Waals surface area (Å²) in [5.41, 5.74) is 0.911. The number of anilines is 1. The van der Waals surface area contributed by atoms with Crippen molar-refractivity contribution in [3.8, 4) is 0 Å². The SMILES string of the molecule is CN(c1ncnc2cc(Cl)ccc12)C1CCC1. The molecule has 1 aliphatic carbocycles. The highest BCUT2D eigenvalue weighted by Gasteiger charge is 2.24. The molecule has 0 amide bonds. The molecule has 1 aromatic heterocycles. The average Bonchev–Trinajstić information content (AvgIpc) is 2.25. The molecule has 1 aromatic carbocycles. The molecular weight excluding hydrogens is 234 g/mol. The van der Waals surface area contributed by atoms with Gasteiger partial charge in [0.2, 0.25) is 0 Å². The van der Waals surface area contributed by atoms with Gasteiger partial charge in [0.25, 0.3) is 0 Å². The van der Waals surface area contributed by atoms with Crippen LogP contribution >= 0.6 is 11.6 Å². The Morgan fingerprint density at radius 2 is 2.12 bits per heavy atom. The van der Waals surface area contributed by atoms with Gasteiger partial charge in [0.15, 0.2) is 0 Å². The van der Waals surface area contributed by atoms with Crippen LogP contribution in [0.25, 0.3) is 10.9 Å². The van der Waals surface area contributed by atoms with Gasteiger partial charge in [-0.1, -0.05) is 11.6 Å². The van der Waals surface area contributed by atoms with E-state index in [-0.39, 0.29) is 0 Å². The molecule has 3 rings (SSSR count). The van der Waals surface area contributed by atoms with E-state index in [0.29, 0.717) is 11.1 Å². The lowest BCUT2D eigenvalue weighted by molar-refractivity contribution is 0.400. The van der Waals surface area contributed by atoms with Crippen molar-refractivity contribution in [2.75, 3.05) is 11.9 Å². The smallest absolute Gasteiger partial charge is 0.139 e. The third-order valence-electron chi connectivity index (χ3n) is 3.53. The van der Waals surface area contributed by atoms with Crippen molar-refractivity contribution >= 4 is 28.3 Å². The molecule has 2 aromatic rings. The van der Waals surface area contributed by atoms with Crippen LogP contribution in [0.4, 0.5) is 5.82 Å². The van der Waals surface area contributed by atoms with Gasteiger partial charge < -0.3 is 4.90 Å². The van der Waals surface area contributed by atoms with Crippen LogP contribution in [0.1, 0.15) is 19.3 Å². The van der Waals surface area contributed by atoms with Crippen LogP contribution in [-0.4, -0.2) is 23.1 Å². The summed E-state index contributed by atoms with van der Waals surface area (Å²) in [6.07, 6.45) is 5.46. The summed E-state index contributed by atoms with van der Waals surface area (Å²) in [6.45, 7) is 0. The highest BCUT2D eigenvalue weighted by Crippen LogP contribution is 2.31. The van der Waals surface area contributed by atoms with Crippen LogP contribution in [0.3, 0.4) is 0 Å². The lowest BCUT2D eigenvalue weighted by atomic mass is 9.92. The highest BCUT2D eigenvalue weighted by atomic mass is 35.5. The molecule has 0 atom stereocenters. The lowest BCUT2D eigenvalue weighted by Crippen LogP contribution is -2.37. The van der Waals surface area contributed by atoms with Gasteiger partial charge in [-0.25, -0.2) is 9.97 Å². The molecule has 1 aliphatic rings. The molecule has 0 spiro atoms. The summed E-state index contributed by atoms with van der Waals surface area (Å²) in [4.78, 5) is 10.9. The van der Waals surface area contributed by atoms with E-state index in [1.165, 1.54) is 19.3 Å². The number of hydrogen-bond donors (Lipinski definition) is 0. The van der Waals surface area contributed by atoms with Gasteiger partial charge in [-0.15, -0.1) is 0 Å². The Bertz CT molecular complexity index is 551. The molecule has 0 aliphatic heterocycles. The highest BCUT2D eigenvalue weighted by molar-refractivity contribution is 6.31. The van der Waals surface area contributed by atoms with Crippen LogP contribution in [0.5, 0.6) is 0 Å². The van der Waals surface area contributed by atoms with E-state index in [1.807, 2.05) is 18.2 Å². The number of nitrogens with zero attached hydrogens (tertiary/aromatic N) is 3. The third kappa shape index (κ3) is 1.84. The minimum absolute atomic E-state index is 0.628. The molecule has 0 radical (unpaired) electrons. The maximum absolute atomic E-state index is 5.98. The van der Waals surface area contributed by atoms with Crippen molar-refractivity contribution in [3.63, 3.8) is 0 Å². The number of fused-ring (bicyclic) bond motifs is 1. The third-order valence-corrected chi connectivity index (χ3v) is 3.77. The van der Waals surface area contributed by atoms with E-state index in [9.17, 15) is 0 Å². The quantitative estimate of drug-likeness (QED) is 0.816. The predicted molar refractivity (Wildman–Crippen MR) is 70.6 cm³/mol. The molecule has 1 heterocycles. The predicted octanol–water partition coefficient (Wildman–Crippen LogP) is 3.27. The van der Waals surface area contributed by atoms with E-state index < -0.39 is 0 Å². The Morgan fingerprint density at radius 3 is 2.82 bits per heavy atom. The second kappa shape index (κ2) is 4.15. The number of halogens is 1. The number of rotatable bonds is 2. The number of benzene rings is 1. The lowest BCUT2D eigenvalue weighted by Gasteiger charge is -2.35. The van der Waals surface area contributed by atoms with Gasteiger partial charge >= 0.3 is 0 Å². The molecule has 17 heavy (non-hydrogen) atoms. The normalized spacial score (nSPS) is 15.9. The summed E-state index contributed by atoms with van der Waals surface area (Å²) < 4.78 is 0. The number of aromatic nitrogens is 2. The molecule has 1 saturated carbocycles. The molecule has 0 unspecified atom stereocenters. The summed E-state index contributed by atoms with van der Waals surface area (Å²) in [5.74, 6) is 1.01. The Balaban J connectivity index is 2.09. The van der Waals surface area contributed by atoms with Crippen molar-refractivity contribution in [2.45, 2.75) is 25.3 Å². The molecule has 3 nitrogen and oxygen atoms in total. The monoisotopic (exact) mass is 247 g/mol. The zero-order valence-electron chi connectivity index (χ0n) is 9.73. The van der Waals surface area contributed by atoms with E-state index in [0.717, 1.165) is 16.7 Å². The Labute approximate surface area is 105 Å². The zero-order valence-corrected chi connectivity index (χ0v) is 10.5.